The number of fused-ring (bicyclic) bond motifs is 1. The van der Waals surface area contributed by atoms with E-state index in [-0.39, 0.29) is 17.9 Å². The van der Waals surface area contributed by atoms with E-state index in [0.29, 0.717) is 44.0 Å². The number of benzene rings is 2. The second-order valence-corrected chi connectivity index (χ2v) is 8.19. The molecular formula is C24H29N3O4. The lowest BCUT2D eigenvalue weighted by Crippen LogP contribution is -2.53. The van der Waals surface area contributed by atoms with E-state index >= 15 is 0 Å². The summed E-state index contributed by atoms with van der Waals surface area (Å²) in [5, 5.41) is 17.0. The fraction of sp³-hybridized carbons (Fsp3) is 0.417. The second kappa shape index (κ2) is 9.60. The lowest BCUT2D eigenvalue weighted by atomic mass is 9.90. The van der Waals surface area contributed by atoms with Crippen LogP contribution in [0.15, 0.2) is 48.5 Å². The Kier molecular flexibility index (Phi) is 6.65. The molecule has 2 aromatic carbocycles. The molecule has 2 aliphatic heterocycles. The summed E-state index contributed by atoms with van der Waals surface area (Å²) in [6, 6.07) is 14.3. The molecule has 0 aliphatic carbocycles. The number of aliphatic hydroxyl groups is 1. The number of aliphatic hydroxyl groups excluding tert-OH is 1. The molecule has 1 fully saturated rings. The Balaban J connectivity index is 1.33. The van der Waals surface area contributed by atoms with Gasteiger partial charge in [-0.25, -0.2) is 0 Å². The largest absolute Gasteiger partial charge is 0.389 e. The number of nitrogens with zero attached hydrogens (tertiary/aromatic N) is 1. The molecule has 2 unspecified atom stereocenters. The van der Waals surface area contributed by atoms with Gasteiger partial charge in [-0.2, -0.15) is 0 Å². The number of morpholine rings is 1. The van der Waals surface area contributed by atoms with Crippen molar-refractivity contribution in [2.24, 2.45) is 0 Å². The summed E-state index contributed by atoms with van der Waals surface area (Å²) in [4.78, 5) is 27.0. The zero-order valence-electron chi connectivity index (χ0n) is 17.7. The van der Waals surface area contributed by atoms with Crippen molar-refractivity contribution in [2.75, 3.05) is 26.3 Å². The van der Waals surface area contributed by atoms with Gasteiger partial charge < -0.3 is 25.4 Å². The summed E-state index contributed by atoms with van der Waals surface area (Å²) in [5.41, 5.74) is 3.48. The van der Waals surface area contributed by atoms with Gasteiger partial charge in [0.05, 0.1) is 25.4 Å². The number of hydrogen-bond acceptors (Lipinski definition) is 5. The van der Waals surface area contributed by atoms with Gasteiger partial charge in [-0.15, -0.1) is 0 Å². The van der Waals surface area contributed by atoms with Crippen LogP contribution in [0.2, 0.25) is 0 Å². The highest BCUT2D eigenvalue weighted by Gasteiger charge is 2.29. The van der Waals surface area contributed by atoms with Crippen LogP contribution in [0.5, 0.6) is 0 Å². The highest BCUT2D eigenvalue weighted by atomic mass is 16.5. The lowest BCUT2D eigenvalue weighted by Gasteiger charge is -2.33. The van der Waals surface area contributed by atoms with Crippen LogP contribution in [0.1, 0.15) is 38.8 Å². The summed E-state index contributed by atoms with van der Waals surface area (Å²) in [7, 11) is 0. The molecule has 2 aliphatic rings. The second-order valence-electron chi connectivity index (χ2n) is 8.19. The zero-order valence-corrected chi connectivity index (χ0v) is 17.7. The molecular weight excluding hydrogens is 394 g/mol. The van der Waals surface area contributed by atoms with Gasteiger partial charge in [0, 0.05) is 36.8 Å². The van der Waals surface area contributed by atoms with Crippen LogP contribution in [0, 0.1) is 0 Å². The van der Waals surface area contributed by atoms with Gasteiger partial charge in [-0.3, -0.25) is 9.59 Å². The van der Waals surface area contributed by atoms with Gasteiger partial charge in [-0.1, -0.05) is 24.3 Å². The minimum absolute atomic E-state index is 0.0531. The molecule has 1 saturated heterocycles. The van der Waals surface area contributed by atoms with Gasteiger partial charge >= 0.3 is 0 Å². The van der Waals surface area contributed by atoms with Crippen molar-refractivity contribution in [1.29, 1.82) is 0 Å². The van der Waals surface area contributed by atoms with Gasteiger partial charge in [0.25, 0.3) is 11.8 Å². The molecule has 7 nitrogen and oxygen atoms in total. The Hall–Kier alpha value is -2.74. The third kappa shape index (κ3) is 4.95. The van der Waals surface area contributed by atoms with Gasteiger partial charge in [-0.05, 0) is 48.7 Å². The number of ether oxygens (including phenoxy) is 1. The van der Waals surface area contributed by atoms with Crippen LogP contribution in [0.4, 0.5) is 0 Å². The molecule has 0 spiro atoms. The maximum absolute atomic E-state index is 12.7. The molecule has 2 amide bonds. The first kappa shape index (κ1) is 21.5. The van der Waals surface area contributed by atoms with Crippen molar-refractivity contribution < 1.29 is 19.4 Å². The van der Waals surface area contributed by atoms with Crippen molar-refractivity contribution >= 4 is 11.8 Å². The van der Waals surface area contributed by atoms with Gasteiger partial charge in [0.15, 0.2) is 0 Å². The van der Waals surface area contributed by atoms with Crippen LogP contribution in [-0.2, 0) is 17.7 Å². The van der Waals surface area contributed by atoms with Crippen LogP contribution < -0.4 is 10.6 Å². The monoisotopic (exact) mass is 423 g/mol. The van der Waals surface area contributed by atoms with Crippen LogP contribution in [0.25, 0.3) is 0 Å². The number of hydrogen-bond donors (Lipinski definition) is 3. The summed E-state index contributed by atoms with van der Waals surface area (Å²) in [5.74, 6) is -0.323. The fourth-order valence-electron chi connectivity index (χ4n) is 4.16. The lowest BCUT2D eigenvalue weighted by molar-refractivity contribution is 0.0303. The molecule has 3 atom stereocenters. The third-order valence-electron chi connectivity index (χ3n) is 6.09. The topological polar surface area (TPSA) is 90.9 Å². The normalized spacial score (nSPS) is 20.5. The fourth-order valence-corrected chi connectivity index (χ4v) is 4.16. The quantitative estimate of drug-likeness (QED) is 0.676. The summed E-state index contributed by atoms with van der Waals surface area (Å²) in [6.45, 7) is 4.77. The van der Waals surface area contributed by atoms with Crippen LogP contribution in [0.3, 0.4) is 0 Å². The molecule has 4 rings (SSSR count). The molecule has 0 aromatic heterocycles. The summed E-state index contributed by atoms with van der Waals surface area (Å²) < 4.78 is 5.28. The predicted molar refractivity (Wildman–Crippen MR) is 117 cm³/mol. The molecule has 0 radical (unpaired) electrons. The van der Waals surface area contributed by atoms with E-state index in [1.807, 2.05) is 12.1 Å². The van der Waals surface area contributed by atoms with Crippen molar-refractivity contribution in [2.45, 2.75) is 38.1 Å². The van der Waals surface area contributed by atoms with Crippen molar-refractivity contribution in [3.05, 3.63) is 70.8 Å². The van der Waals surface area contributed by atoms with Gasteiger partial charge in [0.2, 0.25) is 0 Å². The number of carbonyl (C=O) groups excluding carboxylic acids is 2. The number of carbonyl (C=O) groups is 2. The summed E-state index contributed by atoms with van der Waals surface area (Å²) in [6.07, 6.45) is -0.00455. The molecule has 7 heteroatoms. The molecule has 3 N–H and O–H groups in total. The highest BCUT2D eigenvalue weighted by molar-refractivity contribution is 5.98. The Morgan fingerprint density at radius 2 is 1.71 bits per heavy atom. The van der Waals surface area contributed by atoms with E-state index in [1.54, 1.807) is 36.1 Å². The van der Waals surface area contributed by atoms with E-state index in [0.717, 1.165) is 6.42 Å². The molecule has 0 bridgehead atoms. The maximum atomic E-state index is 12.7. The predicted octanol–water partition coefficient (Wildman–Crippen LogP) is 1.35. The van der Waals surface area contributed by atoms with E-state index < -0.39 is 12.1 Å². The standard InChI is InChI=1S/C24H29N3O4/c1-16(22(28)21-14-19-4-2-3-5-20(19)15-25-21)26-23(29)17-6-8-18(9-7-17)24(30)27-10-12-31-13-11-27/h2-9,16,21-22,25,28H,10-15H2,1H3,(H,26,29)/t16?,21?,22-/m1/s1. The van der Waals surface area contributed by atoms with E-state index in [4.69, 9.17) is 4.74 Å². The Morgan fingerprint density at radius 3 is 2.42 bits per heavy atom. The van der Waals surface area contributed by atoms with E-state index in [2.05, 4.69) is 22.8 Å². The van der Waals surface area contributed by atoms with E-state index in [1.165, 1.54) is 11.1 Å². The van der Waals surface area contributed by atoms with Crippen LogP contribution >= 0.6 is 0 Å². The van der Waals surface area contributed by atoms with E-state index in [9.17, 15) is 14.7 Å². The average molecular weight is 424 g/mol. The van der Waals surface area contributed by atoms with Crippen LogP contribution in [-0.4, -0.2) is 66.3 Å². The number of rotatable bonds is 5. The molecule has 0 saturated carbocycles. The first-order chi connectivity index (χ1) is 15.0. The first-order valence-corrected chi connectivity index (χ1v) is 10.8. The minimum atomic E-state index is -0.723. The summed E-state index contributed by atoms with van der Waals surface area (Å²) >= 11 is 0. The molecule has 31 heavy (non-hydrogen) atoms. The first-order valence-electron chi connectivity index (χ1n) is 10.8. The maximum Gasteiger partial charge on any atom is 0.254 e. The number of amides is 2. The smallest absolute Gasteiger partial charge is 0.254 e. The molecule has 2 heterocycles. The minimum Gasteiger partial charge on any atom is -0.389 e. The Labute approximate surface area is 182 Å². The zero-order chi connectivity index (χ0) is 21.8. The van der Waals surface area contributed by atoms with Crippen molar-refractivity contribution in [3.8, 4) is 0 Å². The SMILES string of the molecule is CC(NC(=O)c1ccc(C(=O)N2CCOCC2)cc1)[C@@H](O)C1Cc2ccccc2CN1. The van der Waals surface area contributed by atoms with Crippen molar-refractivity contribution in [1.82, 2.24) is 15.5 Å². The average Bonchev–Trinajstić information content (AvgIpc) is 2.83. The molecule has 164 valence electrons. The Morgan fingerprint density at radius 1 is 1.06 bits per heavy atom. The highest BCUT2D eigenvalue weighted by Crippen LogP contribution is 2.19. The number of nitrogens with one attached hydrogen (secondary N) is 2. The third-order valence-corrected chi connectivity index (χ3v) is 6.09. The molecule has 2 aromatic rings. The van der Waals surface area contributed by atoms with Gasteiger partial charge in [0.1, 0.15) is 0 Å². The Bertz CT molecular complexity index is 925. The van der Waals surface area contributed by atoms with Crippen molar-refractivity contribution in [3.63, 3.8) is 0 Å².